The third-order valence-electron chi connectivity index (χ3n) is 5.88. The fraction of sp³-hybridized carbons (Fsp3) is 0.261. The second kappa shape index (κ2) is 8.24. The zero-order chi connectivity index (χ0) is 24.0. The molecule has 176 valence electrons. The zero-order valence-corrected chi connectivity index (χ0v) is 17.9. The van der Waals surface area contributed by atoms with Gasteiger partial charge in [0.2, 0.25) is 5.88 Å². The van der Waals surface area contributed by atoms with Crippen LogP contribution in [0, 0.1) is 5.82 Å². The first-order valence-corrected chi connectivity index (χ1v) is 10.5. The van der Waals surface area contributed by atoms with E-state index < -0.39 is 29.3 Å². The van der Waals surface area contributed by atoms with Crippen molar-refractivity contribution < 1.29 is 27.1 Å². The van der Waals surface area contributed by atoms with Gasteiger partial charge in [0.1, 0.15) is 17.9 Å². The van der Waals surface area contributed by atoms with E-state index in [2.05, 4.69) is 20.6 Å². The monoisotopic (exact) mass is 473 g/mol. The fourth-order valence-electron chi connectivity index (χ4n) is 4.17. The maximum Gasteiger partial charge on any atom is 0.416 e. The average molecular weight is 473 g/mol. The molecule has 5 rings (SSSR count). The molecule has 2 amide bonds. The van der Waals surface area contributed by atoms with E-state index in [4.69, 9.17) is 4.74 Å². The number of halogens is 4. The molecule has 0 bridgehead atoms. The summed E-state index contributed by atoms with van der Waals surface area (Å²) in [7, 11) is 0. The first-order chi connectivity index (χ1) is 16.2. The summed E-state index contributed by atoms with van der Waals surface area (Å²) in [5, 5.41) is 5.53. The van der Waals surface area contributed by atoms with Crippen LogP contribution in [0.15, 0.2) is 42.7 Å². The van der Waals surface area contributed by atoms with E-state index in [9.17, 15) is 22.4 Å². The number of aromatic nitrogens is 2. The predicted molar refractivity (Wildman–Crippen MR) is 115 cm³/mol. The Labute approximate surface area is 191 Å². The number of benzene rings is 2. The number of hydrogen-bond donors (Lipinski definition) is 2. The first-order valence-electron chi connectivity index (χ1n) is 10.5. The molecule has 2 aromatic carbocycles. The van der Waals surface area contributed by atoms with Crippen LogP contribution in [-0.4, -0.2) is 22.5 Å². The number of ether oxygens (including phenoxy) is 1. The van der Waals surface area contributed by atoms with E-state index in [0.29, 0.717) is 48.5 Å². The van der Waals surface area contributed by atoms with E-state index in [1.807, 2.05) is 6.92 Å². The Morgan fingerprint density at radius 2 is 2.03 bits per heavy atom. The van der Waals surface area contributed by atoms with E-state index in [0.717, 1.165) is 16.8 Å². The van der Waals surface area contributed by atoms with Gasteiger partial charge >= 0.3 is 12.2 Å². The van der Waals surface area contributed by atoms with Crippen LogP contribution in [0.2, 0.25) is 0 Å². The molecule has 0 saturated heterocycles. The van der Waals surface area contributed by atoms with Gasteiger partial charge in [0.05, 0.1) is 22.5 Å². The molecule has 3 heterocycles. The molecular weight excluding hydrogens is 454 g/mol. The molecule has 34 heavy (non-hydrogen) atoms. The van der Waals surface area contributed by atoms with E-state index in [1.54, 1.807) is 18.2 Å². The van der Waals surface area contributed by atoms with Gasteiger partial charge in [-0.25, -0.2) is 19.2 Å². The minimum Gasteiger partial charge on any atom is -0.439 e. The van der Waals surface area contributed by atoms with Crippen molar-refractivity contribution >= 4 is 17.4 Å². The van der Waals surface area contributed by atoms with Crippen molar-refractivity contribution in [3.63, 3.8) is 0 Å². The van der Waals surface area contributed by atoms with Crippen LogP contribution in [0.1, 0.15) is 35.3 Å². The Kier molecular flexibility index (Phi) is 5.35. The second-order valence-corrected chi connectivity index (χ2v) is 8.06. The Bertz CT molecular complexity index is 1280. The van der Waals surface area contributed by atoms with Gasteiger partial charge in [0, 0.05) is 24.8 Å². The van der Waals surface area contributed by atoms with Gasteiger partial charge in [0.25, 0.3) is 0 Å². The highest BCUT2D eigenvalue weighted by Gasteiger charge is 2.32. The molecule has 7 nitrogen and oxygen atoms in total. The number of urea groups is 1. The largest absolute Gasteiger partial charge is 0.439 e. The SMILES string of the molecule is CC1NCc2ncnc(Oc3ccc4c(c3)CCN4C(=O)Nc3cc(C(F)(F)F)ccc3F)c21. The van der Waals surface area contributed by atoms with Crippen molar-refractivity contribution in [3.05, 3.63) is 70.9 Å². The van der Waals surface area contributed by atoms with Gasteiger partial charge in [-0.15, -0.1) is 0 Å². The van der Waals surface area contributed by atoms with Crippen LogP contribution < -0.4 is 20.3 Å². The summed E-state index contributed by atoms with van der Waals surface area (Å²) in [4.78, 5) is 22.6. The maximum atomic E-state index is 14.1. The summed E-state index contributed by atoms with van der Waals surface area (Å²) in [6.45, 7) is 2.92. The van der Waals surface area contributed by atoms with E-state index in [-0.39, 0.29) is 12.6 Å². The molecule has 2 aliphatic heterocycles. The number of rotatable bonds is 3. The molecule has 0 radical (unpaired) electrons. The van der Waals surface area contributed by atoms with Gasteiger partial charge in [-0.05, 0) is 55.3 Å². The quantitative estimate of drug-likeness (QED) is 0.512. The molecule has 0 aliphatic carbocycles. The van der Waals surface area contributed by atoms with Crippen molar-refractivity contribution in [1.82, 2.24) is 15.3 Å². The van der Waals surface area contributed by atoms with Crippen LogP contribution >= 0.6 is 0 Å². The molecule has 0 fully saturated rings. The Hall–Kier alpha value is -3.73. The number of fused-ring (bicyclic) bond motifs is 2. The molecule has 0 spiro atoms. The van der Waals surface area contributed by atoms with Crippen molar-refractivity contribution in [1.29, 1.82) is 0 Å². The first kappa shape index (κ1) is 22.1. The molecule has 0 saturated carbocycles. The zero-order valence-electron chi connectivity index (χ0n) is 17.9. The molecule has 1 atom stereocenters. The van der Waals surface area contributed by atoms with Gasteiger partial charge in [0.15, 0.2) is 0 Å². The normalized spacial score (nSPS) is 16.9. The number of anilines is 2. The molecule has 3 aromatic rings. The van der Waals surface area contributed by atoms with Gasteiger partial charge in [-0.2, -0.15) is 13.2 Å². The number of carbonyl (C=O) groups is 1. The Morgan fingerprint density at radius 3 is 2.82 bits per heavy atom. The second-order valence-electron chi connectivity index (χ2n) is 8.06. The highest BCUT2D eigenvalue weighted by molar-refractivity contribution is 6.03. The number of amides is 2. The summed E-state index contributed by atoms with van der Waals surface area (Å²) in [6.07, 6.45) is -2.70. The van der Waals surface area contributed by atoms with E-state index in [1.165, 1.54) is 11.2 Å². The molecule has 2 N–H and O–H groups in total. The van der Waals surface area contributed by atoms with Crippen LogP contribution in [-0.2, 0) is 19.1 Å². The number of nitrogens with zero attached hydrogens (tertiary/aromatic N) is 3. The Morgan fingerprint density at radius 1 is 1.21 bits per heavy atom. The van der Waals surface area contributed by atoms with Gasteiger partial charge in [-0.3, -0.25) is 4.90 Å². The number of carbonyl (C=O) groups excluding carboxylic acids is 1. The summed E-state index contributed by atoms with van der Waals surface area (Å²) in [5.41, 5.74) is 1.58. The van der Waals surface area contributed by atoms with Crippen LogP contribution in [0.4, 0.5) is 33.7 Å². The Balaban J connectivity index is 1.34. The van der Waals surface area contributed by atoms with Gasteiger partial charge in [-0.1, -0.05) is 0 Å². The lowest BCUT2D eigenvalue weighted by molar-refractivity contribution is -0.137. The van der Waals surface area contributed by atoms with Crippen molar-refractivity contribution in [2.24, 2.45) is 0 Å². The van der Waals surface area contributed by atoms with Crippen molar-refractivity contribution in [3.8, 4) is 11.6 Å². The third kappa shape index (κ3) is 4.03. The maximum absolute atomic E-state index is 14.1. The minimum atomic E-state index is -4.65. The lowest BCUT2D eigenvalue weighted by Gasteiger charge is -2.19. The topological polar surface area (TPSA) is 79.4 Å². The highest BCUT2D eigenvalue weighted by atomic mass is 19.4. The van der Waals surface area contributed by atoms with Gasteiger partial charge < -0.3 is 15.4 Å². The number of nitrogens with one attached hydrogen (secondary N) is 2. The van der Waals surface area contributed by atoms with Crippen molar-refractivity contribution in [2.45, 2.75) is 32.1 Å². The molecular formula is C23H19F4N5O2. The molecule has 1 unspecified atom stereocenters. The summed E-state index contributed by atoms with van der Waals surface area (Å²) >= 11 is 0. The summed E-state index contributed by atoms with van der Waals surface area (Å²) in [5.74, 6) is 0.0330. The number of alkyl halides is 3. The predicted octanol–water partition coefficient (Wildman–Crippen LogP) is 5.19. The van der Waals surface area contributed by atoms with Crippen molar-refractivity contribution in [2.75, 3.05) is 16.8 Å². The average Bonchev–Trinajstić information content (AvgIpc) is 3.38. The number of hydrogen-bond acceptors (Lipinski definition) is 5. The summed E-state index contributed by atoms with van der Waals surface area (Å²) < 4.78 is 58.9. The standard InChI is InChI=1S/C23H19F4N5O2/c1-12-20-18(10-28-12)29-11-30-21(20)34-15-3-5-19-13(8-15)6-7-32(19)22(33)31-17-9-14(23(25,26)27)2-4-16(17)24/h2-5,8-9,11-12,28H,6-7,10H2,1H3,(H,31,33). The molecule has 2 aliphatic rings. The van der Waals surface area contributed by atoms with E-state index >= 15 is 0 Å². The highest BCUT2D eigenvalue weighted by Crippen LogP contribution is 2.37. The molecule has 1 aromatic heterocycles. The smallest absolute Gasteiger partial charge is 0.416 e. The minimum absolute atomic E-state index is 0.0519. The third-order valence-corrected chi connectivity index (χ3v) is 5.88. The van der Waals surface area contributed by atoms with Crippen LogP contribution in [0.3, 0.4) is 0 Å². The lowest BCUT2D eigenvalue weighted by Crippen LogP contribution is -2.33. The fourth-order valence-corrected chi connectivity index (χ4v) is 4.17. The summed E-state index contributed by atoms with van der Waals surface area (Å²) in [6, 6.07) is 6.36. The lowest BCUT2D eigenvalue weighted by atomic mass is 10.1. The van der Waals surface area contributed by atoms with Crippen LogP contribution in [0.25, 0.3) is 0 Å². The van der Waals surface area contributed by atoms with Crippen LogP contribution in [0.5, 0.6) is 11.6 Å². The molecule has 11 heteroatoms.